The molecule has 1 rings (SSSR count). The van der Waals surface area contributed by atoms with E-state index < -0.39 is 0 Å². The lowest BCUT2D eigenvalue weighted by Gasteiger charge is -2.17. The minimum Gasteiger partial charge on any atom is -0.396 e. The summed E-state index contributed by atoms with van der Waals surface area (Å²) in [7, 11) is 0. The molecular weight excluding hydrogens is 148 g/mol. The van der Waals surface area contributed by atoms with E-state index in [9.17, 15) is 0 Å². The first kappa shape index (κ1) is 9.27. The van der Waals surface area contributed by atoms with Crippen LogP contribution in [0.15, 0.2) is 30.3 Å². The molecule has 0 saturated carbocycles. The van der Waals surface area contributed by atoms with Crippen LogP contribution in [-0.2, 0) is 0 Å². The van der Waals surface area contributed by atoms with E-state index in [1.807, 2.05) is 18.2 Å². The van der Waals surface area contributed by atoms with Crippen LogP contribution in [0.25, 0.3) is 0 Å². The van der Waals surface area contributed by atoms with Gasteiger partial charge in [0, 0.05) is 6.61 Å². The van der Waals surface area contributed by atoms with Crippen molar-refractivity contribution in [3.63, 3.8) is 0 Å². The smallest absolute Gasteiger partial charge is 0.0462 e. The van der Waals surface area contributed by atoms with Crippen LogP contribution in [-0.4, -0.2) is 11.7 Å². The van der Waals surface area contributed by atoms with Crippen LogP contribution in [0.5, 0.6) is 0 Å². The van der Waals surface area contributed by atoms with E-state index in [2.05, 4.69) is 26.0 Å². The van der Waals surface area contributed by atoms with Crippen LogP contribution < -0.4 is 0 Å². The fraction of sp³-hybridized carbons (Fsp3) is 0.455. The number of aliphatic hydroxyl groups excluding tert-OH is 1. The maximum atomic E-state index is 8.97. The third-order valence-electron chi connectivity index (χ3n) is 2.47. The molecule has 0 aliphatic carbocycles. The van der Waals surface area contributed by atoms with Gasteiger partial charge in [-0.15, -0.1) is 0 Å². The van der Waals surface area contributed by atoms with Gasteiger partial charge in [-0.2, -0.15) is 0 Å². The molecule has 66 valence electrons. The SMILES string of the molecule is C[C@H](c1ccccc1)[C@@H](C)CO. The minimum atomic E-state index is 0.260. The normalized spacial score (nSPS) is 15.6. The molecule has 1 aromatic carbocycles. The first-order chi connectivity index (χ1) is 5.75. The van der Waals surface area contributed by atoms with E-state index in [0.29, 0.717) is 11.8 Å². The Hall–Kier alpha value is -0.820. The number of hydrogen-bond acceptors (Lipinski definition) is 1. The van der Waals surface area contributed by atoms with Crippen molar-refractivity contribution in [2.45, 2.75) is 19.8 Å². The summed E-state index contributed by atoms with van der Waals surface area (Å²) in [5.74, 6) is 0.781. The molecule has 0 saturated heterocycles. The first-order valence-electron chi connectivity index (χ1n) is 4.41. The standard InChI is InChI=1S/C11H16O/c1-9(8-12)10(2)11-6-4-3-5-7-11/h3-7,9-10,12H,8H2,1-2H3/t9-,10-/m0/s1. The van der Waals surface area contributed by atoms with Crippen molar-refractivity contribution in [1.29, 1.82) is 0 Å². The van der Waals surface area contributed by atoms with Crippen molar-refractivity contribution in [2.24, 2.45) is 5.92 Å². The summed E-state index contributed by atoms with van der Waals surface area (Å²) in [4.78, 5) is 0. The van der Waals surface area contributed by atoms with E-state index in [4.69, 9.17) is 5.11 Å². The second kappa shape index (κ2) is 4.27. The van der Waals surface area contributed by atoms with Gasteiger partial charge < -0.3 is 5.11 Å². The maximum Gasteiger partial charge on any atom is 0.0462 e. The lowest BCUT2D eigenvalue weighted by molar-refractivity contribution is 0.220. The Morgan fingerprint density at radius 1 is 1.17 bits per heavy atom. The van der Waals surface area contributed by atoms with Crippen molar-refractivity contribution in [2.75, 3.05) is 6.61 Å². The average Bonchev–Trinajstić information content (AvgIpc) is 2.17. The zero-order chi connectivity index (χ0) is 8.97. The minimum absolute atomic E-state index is 0.260. The Labute approximate surface area is 74.1 Å². The molecule has 12 heavy (non-hydrogen) atoms. The molecule has 2 atom stereocenters. The van der Waals surface area contributed by atoms with Crippen molar-refractivity contribution < 1.29 is 5.11 Å². The van der Waals surface area contributed by atoms with Crippen LogP contribution >= 0.6 is 0 Å². The predicted octanol–water partition coefficient (Wildman–Crippen LogP) is 2.42. The third-order valence-corrected chi connectivity index (χ3v) is 2.47. The molecule has 0 bridgehead atoms. The molecule has 0 unspecified atom stereocenters. The lowest BCUT2D eigenvalue weighted by Crippen LogP contribution is -2.09. The molecule has 0 heterocycles. The number of hydrogen-bond donors (Lipinski definition) is 1. The topological polar surface area (TPSA) is 20.2 Å². The second-order valence-electron chi connectivity index (χ2n) is 3.36. The van der Waals surface area contributed by atoms with E-state index >= 15 is 0 Å². The molecule has 0 aliphatic heterocycles. The van der Waals surface area contributed by atoms with Crippen molar-refractivity contribution >= 4 is 0 Å². The highest BCUT2D eigenvalue weighted by Gasteiger charge is 2.11. The summed E-state index contributed by atoms with van der Waals surface area (Å²) in [5, 5.41) is 8.97. The molecule has 1 heteroatoms. The average molecular weight is 164 g/mol. The molecule has 0 spiro atoms. The molecule has 1 N–H and O–H groups in total. The summed E-state index contributed by atoms with van der Waals surface area (Å²) in [6.45, 7) is 4.48. The van der Waals surface area contributed by atoms with Crippen LogP contribution in [0, 0.1) is 5.92 Å². The monoisotopic (exact) mass is 164 g/mol. The second-order valence-corrected chi connectivity index (χ2v) is 3.36. The molecule has 0 radical (unpaired) electrons. The fourth-order valence-corrected chi connectivity index (χ4v) is 1.24. The zero-order valence-electron chi connectivity index (χ0n) is 7.70. The summed E-state index contributed by atoms with van der Waals surface area (Å²) >= 11 is 0. The van der Waals surface area contributed by atoms with Gasteiger partial charge in [-0.25, -0.2) is 0 Å². The number of rotatable bonds is 3. The largest absolute Gasteiger partial charge is 0.396 e. The Bertz CT molecular complexity index is 218. The maximum absolute atomic E-state index is 8.97. The van der Waals surface area contributed by atoms with Gasteiger partial charge in [0.1, 0.15) is 0 Å². The van der Waals surface area contributed by atoms with Crippen LogP contribution in [0.2, 0.25) is 0 Å². The highest BCUT2D eigenvalue weighted by atomic mass is 16.3. The number of aliphatic hydroxyl groups is 1. The van der Waals surface area contributed by atoms with Crippen LogP contribution in [0.3, 0.4) is 0 Å². The quantitative estimate of drug-likeness (QED) is 0.727. The molecular formula is C11H16O. The Balaban J connectivity index is 2.71. The van der Waals surface area contributed by atoms with Gasteiger partial charge in [0.05, 0.1) is 0 Å². The van der Waals surface area contributed by atoms with E-state index in [1.165, 1.54) is 5.56 Å². The van der Waals surface area contributed by atoms with Gasteiger partial charge >= 0.3 is 0 Å². The molecule has 1 nitrogen and oxygen atoms in total. The van der Waals surface area contributed by atoms with E-state index in [0.717, 1.165) is 0 Å². The lowest BCUT2D eigenvalue weighted by atomic mass is 9.90. The summed E-state index contributed by atoms with van der Waals surface area (Å²) in [5.41, 5.74) is 1.30. The highest BCUT2D eigenvalue weighted by Crippen LogP contribution is 2.22. The Morgan fingerprint density at radius 2 is 1.75 bits per heavy atom. The molecule has 0 fully saturated rings. The molecule has 0 amide bonds. The van der Waals surface area contributed by atoms with Gasteiger partial charge in [-0.3, -0.25) is 0 Å². The highest BCUT2D eigenvalue weighted by molar-refractivity contribution is 5.19. The van der Waals surface area contributed by atoms with Crippen molar-refractivity contribution in [3.05, 3.63) is 35.9 Å². The third kappa shape index (κ3) is 2.08. The van der Waals surface area contributed by atoms with Crippen molar-refractivity contribution in [1.82, 2.24) is 0 Å². The van der Waals surface area contributed by atoms with Gasteiger partial charge in [-0.05, 0) is 17.4 Å². The first-order valence-corrected chi connectivity index (χ1v) is 4.41. The zero-order valence-corrected chi connectivity index (χ0v) is 7.70. The molecule has 0 aromatic heterocycles. The molecule has 1 aromatic rings. The predicted molar refractivity (Wildman–Crippen MR) is 51.1 cm³/mol. The van der Waals surface area contributed by atoms with Crippen molar-refractivity contribution in [3.8, 4) is 0 Å². The van der Waals surface area contributed by atoms with Gasteiger partial charge in [-0.1, -0.05) is 44.2 Å². The summed E-state index contributed by atoms with van der Waals surface area (Å²) in [6, 6.07) is 10.3. The summed E-state index contributed by atoms with van der Waals surface area (Å²) < 4.78 is 0. The number of benzene rings is 1. The Kier molecular flexibility index (Phi) is 3.30. The summed E-state index contributed by atoms with van der Waals surface area (Å²) in [6.07, 6.45) is 0. The Morgan fingerprint density at radius 3 is 2.25 bits per heavy atom. The van der Waals surface area contributed by atoms with Gasteiger partial charge in [0.2, 0.25) is 0 Å². The van der Waals surface area contributed by atoms with Gasteiger partial charge in [0.15, 0.2) is 0 Å². The molecule has 0 aliphatic rings. The van der Waals surface area contributed by atoms with Crippen LogP contribution in [0.1, 0.15) is 25.3 Å². The van der Waals surface area contributed by atoms with E-state index in [1.54, 1.807) is 0 Å². The van der Waals surface area contributed by atoms with Gasteiger partial charge in [0.25, 0.3) is 0 Å². The van der Waals surface area contributed by atoms with E-state index in [-0.39, 0.29) is 6.61 Å². The van der Waals surface area contributed by atoms with Crippen LogP contribution in [0.4, 0.5) is 0 Å². The fourth-order valence-electron chi connectivity index (χ4n) is 1.24.